The van der Waals surface area contributed by atoms with Gasteiger partial charge in [0.15, 0.2) is 11.6 Å². The van der Waals surface area contributed by atoms with Gasteiger partial charge in [-0.15, -0.1) is 0 Å². The fourth-order valence-corrected chi connectivity index (χ4v) is 5.93. The Kier molecular flexibility index (Phi) is 9.38. The molecule has 0 aromatic heterocycles. The second-order valence-electron chi connectivity index (χ2n) is 8.41. The first-order valence-corrected chi connectivity index (χ1v) is 14.0. The van der Waals surface area contributed by atoms with E-state index >= 15 is 8.78 Å². The summed E-state index contributed by atoms with van der Waals surface area (Å²) in [5.74, 6) is -5.42. The number of methoxy groups -OCH3 is 2. The molecule has 0 radical (unpaired) electrons. The highest BCUT2D eigenvalue weighted by atomic mass is 33.1. The van der Waals surface area contributed by atoms with Crippen molar-refractivity contribution < 1.29 is 36.6 Å². The van der Waals surface area contributed by atoms with Crippen molar-refractivity contribution in [2.45, 2.75) is 9.79 Å². The number of nitrogens with two attached hydrogens (primary N) is 2. The van der Waals surface area contributed by atoms with Crippen LogP contribution in [0.4, 0.5) is 51.7 Å². The summed E-state index contributed by atoms with van der Waals surface area (Å²) in [5.41, 5.74) is 9.57. The van der Waals surface area contributed by atoms with Gasteiger partial charge in [0.2, 0.25) is 0 Å². The zero-order valence-electron chi connectivity index (χ0n) is 21.9. The van der Waals surface area contributed by atoms with E-state index in [-0.39, 0.29) is 32.3 Å². The van der Waals surface area contributed by atoms with E-state index < -0.39 is 58.0 Å². The summed E-state index contributed by atoms with van der Waals surface area (Å²) in [5, 5.41) is 5.08. The molecule has 6 N–H and O–H groups in total. The van der Waals surface area contributed by atoms with Crippen LogP contribution in [0, 0.1) is 23.3 Å². The number of benzene rings is 4. The Morgan fingerprint density at radius 2 is 1.02 bits per heavy atom. The molecule has 4 rings (SSSR count). The molecule has 14 heteroatoms. The predicted molar refractivity (Wildman–Crippen MR) is 155 cm³/mol. The van der Waals surface area contributed by atoms with Gasteiger partial charge in [0.25, 0.3) is 0 Å². The van der Waals surface area contributed by atoms with Gasteiger partial charge >= 0.3 is 11.9 Å². The van der Waals surface area contributed by atoms with Gasteiger partial charge in [-0.2, -0.15) is 0 Å². The lowest BCUT2D eigenvalue weighted by atomic mass is 10.1. The molecule has 0 saturated carbocycles. The Morgan fingerprint density at radius 1 is 0.667 bits per heavy atom. The normalized spacial score (nSPS) is 10.7. The van der Waals surface area contributed by atoms with Gasteiger partial charge in [-0.1, -0.05) is 45.9 Å². The smallest absolute Gasteiger partial charge is 0.340 e. The number of para-hydroxylation sites is 2. The Hall–Kier alpha value is -4.56. The van der Waals surface area contributed by atoms with E-state index in [1.165, 1.54) is 48.5 Å². The highest BCUT2D eigenvalue weighted by molar-refractivity contribution is 8.76. The largest absolute Gasteiger partial charge is 0.465 e. The Balaban J connectivity index is 1.72. The number of nitrogens with one attached hydrogen (secondary N) is 2. The second kappa shape index (κ2) is 13.0. The molecule has 0 fully saturated rings. The molecule has 0 aliphatic carbocycles. The number of carbonyl (C=O) groups excluding carboxylic acids is 2. The lowest BCUT2D eigenvalue weighted by Gasteiger charge is -2.18. The molecule has 8 nitrogen and oxygen atoms in total. The maximum atomic E-state index is 15.5. The Labute approximate surface area is 245 Å². The number of carbonyl (C=O) groups is 2. The summed E-state index contributed by atoms with van der Waals surface area (Å²) < 4.78 is 69.0. The molecule has 0 saturated heterocycles. The van der Waals surface area contributed by atoms with Gasteiger partial charge < -0.3 is 31.6 Å². The molecule has 0 aliphatic rings. The molecule has 0 bridgehead atoms. The highest BCUT2D eigenvalue weighted by Gasteiger charge is 2.26. The van der Waals surface area contributed by atoms with Gasteiger partial charge in [-0.05, 0) is 36.4 Å². The first kappa shape index (κ1) is 30.4. The van der Waals surface area contributed by atoms with Crippen molar-refractivity contribution in [1.82, 2.24) is 0 Å². The van der Waals surface area contributed by atoms with Crippen LogP contribution in [0.25, 0.3) is 0 Å². The zero-order valence-corrected chi connectivity index (χ0v) is 23.5. The molecule has 0 aliphatic heterocycles. The predicted octanol–water partition coefficient (Wildman–Crippen LogP) is 7.27. The van der Waals surface area contributed by atoms with Gasteiger partial charge in [-0.25, -0.2) is 27.2 Å². The van der Waals surface area contributed by atoms with Crippen molar-refractivity contribution in [1.29, 1.82) is 0 Å². The molecule has 218 valence electrons. The van der Waals surface area contributed by atoms with Crippen molar-refractivity contribution in [2.75, 3.05) is 36.3 Å². The zero-order chi connectivity index (χ0) is 30.6. The van der Waals surface area contributed by atoms with Crippen LogP contribution in [0.2, 0.25) is 0 Å². The number of nitrogen functional groups attached to an aromatic ring is 2. The fourth-order valence-electron chi connectivity index (χ4n) is 3.69. The summed E-state index contributed by atoms with van der Waals surface area (Å²) in [6.07, 6.45) is 0. The average molecular weight is 619 g/mol. The molecule has 0 unspecified atom stereocenters. The number of ether oxygens (including phenoxy) is 2. The number of anilines is 6. The van der Waals surface area contributed by atoms with Crippen LogP contribution in [0.3, 0.4) is 0 Å². The van der Waals surface area contributed by atoms with Crippen molar-refractivity contribution in [2.24, 2.45) is 0 Å². The van der Waals surface area contributed by atoms with Crippen molar-refractivity contribution in [3.8, 4) is 0 Å². The van der Waals surface area contributed by atoms with Gasteiger partial charge in [0.05, 0.1) is 59.5 Å². The van der Waals surface area contributed by atoms with E-state index in [2.05, 4.69) is 10.6 Å². The van der Waals surface area contributed by atoms with Crippen LogP contribution in [-0.4, -0.2) is 26.2 Å². The monoisotopic (exact) mass is 618 g/mol. The van der Waals surface area contributed by atoms with Crippen molar-refractivity contribution in [3.05, 3.63) is 95.1 Å². The third-order valence-electron chi connectivity index (χ3n) is 5.83. The van der Waals surface area contributed by atoms with Crippen LogP contribution in [0.1, 0.15) is 20.7 Å². The molecule has 0 atom stereocenters. The summed E-state index contributed by atoms with van der Waals surface area (Å²) in [6.45, 7) is 0. The minimum Gasteiger partial charge on any atom is -0.465 e. The lowest BCUT2D eigenvalue weighted by Crippen LogP contribution is -2.11. The van der Waals surface area contributed by atoms with Crippen LogP contribution < -0.4 is 22.1 Å². The SMILES string of the molecule is COC(=O)c1cc(SSc2cc(C(=O)OC)c(Nc3ccccc3F)c(F)c2N)c(N)c(F)c1Nc1ccccc1F. The summed E-state index contributed by atoms with van der Waals surface area (Å²) in [4.78, 5) is 25.1. The van der Waals surface area contributed by atoms with E-state index in [9.17, 15) is 18.4 Å². The quantitative estimate of drug-likeness (QED) is 0.0658. The first-order valence-electron chi connectivity index (χ1n) is 11.9. The van der Waals surface area contributed by atoms with Crippen LogP contribution >= 0.6 is 21.6 Å². The van der Waals surface area contributed by atoms with Crippen LogP contribution in [-0.2, 0) is 9.47 Å². The summed E-state index contributed by atoms with van der Waals surface area (Å²) in [6, 6.07) is 13.3. The molecule has 42 heavy (non-hydrogen) atoms. The topological polar surface area (TPSA) is 129 Å². The molecular formula is C28H22F4N4O4S2. The highest BCUT2D eigenvalue weighted by Crippen LogP contribution is 2.47. The minimum absolute atomic E-state index is 0.0185. The number of hydrogen-bond donors (Lipinski definition) is 4. The molecule has 4 aromatic carbocycles. The van der Waals surface area contributed by atoms with E-state index in [1.54, 1.807) is 0 Å². The standard InChI is InChI=1S/C28H22F4N4O4S2/c1-39-27(37)13-11-19(23(33)21(31)25(13)35-17-9-5-3-7-15(17)29)41-42-20-12-14(28(38)40-2)26(22(32)24(20)34)36-18-10-6-4-8-16(18)30/h3-12,35-36H,33-34H2,1-2H3. The number of esters is 2. The van der Waals surface area contributed by atoms with Crippen LogP contribution in [0.5, 0.6) is 0 Å². The Bertz CT molecular complexity index is 1570. The van der Waals surface area contributed by atoms with Gasteiger partial charge in [0, 0.05) is 9.79 Å². The lowest BCUT2D eigenvalue weighted by molar-refractivity contribution is 0.0592. The molecule has 0 spiro atoms. The summed E-state index contributed by atoms with van der Waals surface area (Å²) >= 11 is 0. The maximum Gasteiger partial charge on any atom is 0.340 e. The van der Waals surface area contributed by atoms with E-state index in [4.69, 9.17) is 20.9 Å². The minimum atomic E-state index is -1.07. The summed E-state index contributed by atoms with van der Waals surface area (Å²) in [7, 11) is 3.77. The number of halogens is 4. The number of rotatable bonds is 9. The Morgan fingerprint density at radius 3 is 1.36 bits per heavy atom. The first-order chi connectivity index (χ1) is 20.1. The third kappa shape index (κ3) is 6.19. The second-order valence-corrected chi connectivity index (χ2v) is 10.6. The van der Waals surface area contributed by atoms with Gasteiger partial charge in [0.1, 0.15) is 11.6 Å². The van der Waals surface area contributed by atoms with E-state index in [0.717, 1.165) is 47.9 Å². The fraction of sp³-hybridized carbons (Fsp3) is 0.0714. The molecular weight excluding hydrogens is 596 g/mol. The number of hydrogen-bond acceptors (Lipinski definition) is 10. The molecule has 4 aromatic rings. The van der Waals surface area contributed by atoms with Gasteiger partial charge in [-0.3, -0.25) is 0 Å². The maximum absolute atomic E-state index is 15.5. The average Bonchev–Trinajstić information content (AvgIpc) is 2.99. The molecule has 0 heterocycles. The van der Waals surface area contributed by atoms with E-state index in [0.29, 0.717) is 0 Å². The van der Waals surface area contributed by atoms with Crippen molar-refractivity contribution >= 4 is 67.7 Å². The van der Waals surface area contributed by atoms with E-state index in [1.807, 2.05) is 0 Å². The van der Waals surface area contributed by atoms with Crippen molar-refractivity contribution in [3.63, 3.8) is 0 Å². The molecule has 0 amide bonds. The van der Waals surface area contributed by atoms with Crippen LogP contribution in [0.15, 0.2) is 70.5 Å². The third-order valence-corrected chi connectivity index (χ3v) is 8.28.